The number of carbonyl (C=O) groups is 5. The van der Waals surface area contributed by atoms with Crippen LogP contribution < -0.4 is 15.9 Å². The summed E-state index contributed by atoms with van der Waals surface area (Å²) in [7, 11) is 0. The van der Waals surface area contributed by atoms with E-state index in [9.17, 15) is 28.8 Å². The van der Waals surface area contributed by atoms with Crippen molar-refractivity contribution in [3.8, 4) is 0 Å². The largest absolute Gasteiger partial charge is 0.462 e. The van der Waals surface area contributed by atoms with Crippen LogP contribution in [0.5, 0.6) is 0 Å². The average molecular weight is 568 g/mol. The molecule has 2 aliphatic heterocycles. The number of nitrogens with zero attached hydrogens (tertiary/aromatic N) is 3. The Hall–Kier alpha value is -4.30. The van der Waals surface area contributed by atoms with E-state index in [2.05, 4.69) is 10.3 Å². The van der Waals surface area contributed by atoms with Crippen LogP contribution in [0.25, 0.3) is 0 Å². The first-order chi connectivity index (χ1) is 18.7. The van der Waals surface area contributed by atoms with Gasteiger partial charge in [0, 0.05) is 28.9 Å². The van der Waals surface area contributed by atoms with E-state index in [-0.39, 0.29) is 13.2 Å². The highest BCUT2D eigenvalue weighted by Crippen LogP contribution is 2.53. The monoisotopic (exact) mass is 567 g/mol. The van der Waals surface area contributed by atoms with Gasteiger partial charge in [0.15, 0.2) is 0 Å². The smallest absolute Gasteiger partial charge is 0.338 e. The zero-order chi connectivity index (χ0) is 27.8. The predicted molar refractivity (Wildman–Crippen MR) is 140 cm³/mol. The summed E-state index contributed by atoms with van der Waals surface area (Å²) in [5, 5.41) is 2.03. The number of pyridine rings is 1. The van der Waals surface area contributed by atoms with Crippen molar-refractivity contribution >= 4 is 58.5 Å². The number of esters is 1. The van der Waals surface area contributed by atoms with Gasteiger partial charge in [-0.15, -0.1) is 0 Å². The zero-order valence-electron chi connectivity index (χ0n) is 20.4. The van der Waals surface area contributed by atoms with E-state index >= 15 is 0 Å². The SMILES string of the molecule is CCOC(=O)c1ccc(NC(=O)Cn2c3c(sc2=O)C(c2cccnc2)C2C(=O)N(C(N)=O)C(=O)C2S3)cc1. The summed E-state index contributed by atoms with van der Waals surface area (Å²) < 4.78 is 6.19. The topological polar surface area (TPSA) is 171 Å². The number of nitrogens with one attached hydrogen (secondary N) is 1. The molecule has 0 saturated carbocycles. The number of hydrogen-bond donors (Lipinski definition) is 2. The third kappa shape index (κ3) is 4.72. The van der Waals surface area contributed by atoms with Crippen LogP contribution in [0.3, 0.4) is 0 Å². The fourth-order valence-corrected chi connectivity index (χ4v) is 7.41. The fraction of sp³-hybridized carbons (Fsp3) is 0.240. The molecule has 4 heterocycles. The molecule has 0 radical (unpaired) electrons. The van der Waals surface area contributed by atoms with Crippen LogP contribution in [0, 0.1) is 5.92 Å². The first kappa shape index (κ1) is 26.3. The lowest BCUT2D eigenvalue weighted by Gasteiger charge is -2.30. The van der Waals surface area contributed by atoms with Gasteiger partial charge in [0.25, 0.3) is 5.91 Å². The number of thioether (sulfide) groups is 1. The maximum atomic E-state index is 13.2. The molecule has 0 aliphatic carbocycles. The molecule has 200 valence electrons. The number of imide groups is 3. The molecule has 3 atom stereocenters. The lowest BCUT2D eigenvalue weighted by Crippen LogP contribution is -2.41. The minimum atomic E-state index is -1.17. The molecule has 5 amide bonds. The van der Waals surface area contributed by atoms with Crippen molar-refractivity contribution < 1.29 is 28.7 Å². The summed E-state index contributed by atoms with van der Waals surface area (Å²) in [6, 6.07) is 8.31. The number of carbonyl (C=O) groups excluding carboxylic acids is 5. The Kier molecular flexibility index (Phi) is 7.06. The second-order valence-electron chi connectivity index (χ2n) is 8.65. The van der Waals surface area contributed by atoms with Gasteiger partial charge >= 0.3 is 16.9 Å². The number of thiazole rings is 1. The zero-order valence-corrected chi connectivity index (χ0v) is 22.0. The Morgan fingerprint density at radius 2 is 1.85 bits per heavy atom. The van der Waals surface area contributed by atoms with Crippen LogP contribution in [-0.2, 0) is 25.7 Å². The lowest BCUT2D eigenvalue weighted by molar-refractivity contribution is -0.135. The van der Waals surface area contributed by atoms with E-state index in [1.807, 2.05) is 0 Å². The number of ether oxygens (including phenoxy) is 1. The van der Waals surface area contributed by atoms with Gasteiger partial charge in [0.2, 0.25) is 11.8 Å². The van der Waals surface area contributed by atoms with E-state index in [4.69, 9.17) is 10.5 Å². The molecule has 3 aromatic rings. The number of urea groups is 1. The Balaban J connectivity index is 1.45. The lowest BCUT2D eigenvalue weighted by atomic mass is 9.84. The number of benzene rings is 1. The second kappa shape index (κ2) is 10.5. The van der Waals surface area contributed by atoms with Crippen molar-refractivity contribution in [3.63, 3.8) is 0 Å². The summed E-state index contributed by atoms with van der Waals surface area (Å²) >= 11 is 1.84. The van der Waals surface area contributed by atoms with Gasteiger partial charge in [-0.1, -0.05) is 29.2 Å². The van der Waals surface area contributed by atoms with Gasteiger partial charge in [0.05, 0.1) is 23.1 Å². The van der Waals surface area contributed by atoms with Crippen LogP contribution in [0.1, 0.15) is 33.6 Å². The number of aromatic nitrogens is 2. The molecule has 12 nitrogen and oxygen atoms in total. The van der Waals surface area contributed by atoms with Crippen molar-refractivity contribution in [3.05, 3.63) is 74.5 Å². The first-order valence-electron chi connectivity index (χ1n) is 11.8. The number of amides is 5. The van der Waals surface area contributed by atoms with Gasteiger partial charge in [-0.25, -0.2) is 9.59 Å². The molecule has 1 saturated heterocycles. The fourth-order valence-electron chi connectivity index (χ4n) is 4.64. The highest BCUT2D eigenvalue weighted by atomic mass is 32.2. The predicted octanol–water partition coefficient (Wildman–Crippen LogP) is 1.79. The maximum absolute atomic E-state index is 13.2. The van der Waals surface area contributed by atoms with E-state index in [0.29, 0.717) is 31.6 Å². The van der Waals surface area contributed by atoms with Crippen molar-refractivity contribution in [1.29, 1.82) is 0 Å². The molecule has 39 heavy (non-hydrogen) atoms. The number of anilines is 1. The van der Waals surface area contributed by atoms with E-state index < -0.39 is 51.7 Å². The molecule has 5 rings (SSSR count). The quantitative estimate of drug-likeness (QED) is 0.333. The molecule has 3 unspecified atom stereocenters. The number of fused-ring (bicyclic) bond motifs is 2. The minimum absolute atomic E-state index is 0.235. The molecular weight excluding hydrogens is 546 g/mol. The molecule has 2 aliphatic rings. The van der Waals surface area contributed by atoms with Crippen LogP contribution in [0.4, 0.5) is 10.5 Å². The first-order valence-corrected chi connectivity index (χ1v) is 13.4. The van der Waals surface area contributed by atoms with E-state index in [0.717, 1.165) is 23.1 Å². The Morgan fingerprint density at radius 3 is 2.49 bits per heavy atom. The summed E-state index contributed by atoms with van der Waals surface area (Å²) in [6.45, 7) is 1.57. The van der Waals surface area contributed by atoms with Crippen LogP contribution in [0.15, 0.2) is 58.6 Å². The Bertz CT molecular complexity index is 1550. The third-order valence-electron chi connectivity index (χ3n) is 6.29. The van der Waals surface area contributed by atoms with E-state index in [1.54, 1.807) is 25.3 Å². The number of primary amides is 1. The van der Waals surface area contributed by atoms with Crippen LogP contribution >= 0.6 is 23.1 Å². The van der Waals surface area contributed by atoms with Crippen molar-refractivity contribution in [2.75, 3.05) is 11.9 Å². The molecule has 3 N–H and O–H groups in total. The number of rotatable bonds is 6. The molecule has 1 fully saturated rings. The summed E-state index contributed by atoms with van der Waals surface area (Å²) in [4.78, 5) is 80.6. The highest BCUT2D eigenvalue weighted by Gasteiger charge is 2.57. The van der Waals surface area contributed by atoms with Crippen molar-refractivity contribution in [1.82, 2.24) is 14.5 Å². The molecule has 2 aromatic heterocycles. The minimum Gasteiger partial charge on any atom is -0.462 e. The third-order valence-corrected chi connectivity index (χ3v) is 8.90. The van der Waals surface area contributed by atoms with Gasteiger partial charge in [-0.05, 0) is 42.8 Å². The molecule has 1 aromatic carbocycles. The molecule has 14 heteroatoms. The van der Waals surface area contributed by atoms with E-state index in [1.165, 1.54) is 35.0 Å². The van der Waals surface area contributed by atoms with Crippen molar-refractivity contribution in [2.24, 2.45) is 11.7 Å². The highest BCUT2D eigenvalue weighted by molar-refractivity contribution is 8.00. The van der Waals surface area contributed by atoms with Gasteiger partial charge < -0.3 is 15.8 Å². The number of nitrogens with two attached hydrogens (primary N) is 1. The Labute approximate surface area is 229 Å². The Morgan fingerprint density at radius 1 is 1.10 bits per heavy atom. The molecule has 0 bridgehead atoms. The van der Waals surface area contributed by atoms with Crippen LogP contribution in [-0.4, -0.2) is 56.0 Å². The molecular formula is C25H21N5O7S2. The summed E-state index contributed by atoms with van der Waals surface area (Å²) in [5.41, 5.74) is 6.64. The van der Waals surface area contributed by atoms with Gasteiger partial charge in [-0.3, -0.25) is 28.7 Å². The summed E-state index contributed by atoms with van der Waals surface area (Å²) in [5.74, 6) is -4.21. The standard InChI is InChI=1S/C25H21N5O7S2/c1-2-37-23(34)12-5-7-14(8-6-12)28-15(31)11-29-22-19(39-25(29)36)16(13-4-3-9-27-10-13)17-18(38-22)21(33)30(20(17)32)24(26)35/h3-10,16-18H,2,11H2,1H3,(H2,26,35)(H,28,31). The van der Waals surface area contributed by atoms with Gasteiger partial charge in [0.1, 0.15) is 11.8 Å². The van der Waals surface area contributed by atoms with Crippen LogP contribution in [0.2, 0.25) is 0 Å². The number of hydrogen-bond acceptors (Lipinski definition) is 10. The van der Waals surface area contributed by atoms with Gasteiger partial charge in [-0.2, -0.15) is 4.90 Å². The average Bonchev–Trinajstić information content (AvgIpc) is 3.35. The maximum Gasteiger partial charge on any atom is 0.338 e. The molecule has 0 spiro atoms. The number of likely N-dealkylation sites (tertiary alicyclic amines) is 1. The normalized spacial score (nSPS) is 19.8. The van der Waals surface area contributed by atoms with Crippen molar-refractivity contribution in [2.45, 2.75) is 29.7 Å². The second-order valence-corrected chi connectivity index (χ2v) is 10.8. The summed E-state index contributed by atoms with van der Waals surface area (Å²) in [6.07, 6.45) is 3.08.